The van der Waals surface area contributed by atoms with Crippen LogP contribution in [0.25, 0.3) is 0 Å². The molecule has 0 bridgehead atoms. The van der Waals surface area contributed by atoms with E-state index in [1.165, 1.54) is 0 Å². The van der Waals surface area contributed by atoms with Gasteiger partial charge in [-0.2, -0.15) is 0 Å². The number of aromatic nitrogens is 1. The first kappa shape index (κ1) is 18.0. The summed E-state index contributed by atoms with van der Waals surface area (Å²) in [6, 6.07) is 8.89. The van der Waals surface area contributed by atoms with E-state index in [1.807, 2.05) is 17.0 Å². The van der Waals surface area contributed by atoms with Gasteiger partial charge in [-0.3, -0.25) is 4.79 Å². The van der Waals surface area contributed by atoms with Crippen molar-refractivity contribution in [3.05, 3.63) is 52.3 Å². The maximum Gasteiger partial charge on any atom is 0.272 e. The Morgan fingerprint density at radius 2 is 1.80 bits per heavy atom. The highest BCUT2D eigenvalue weighted by molar-refractivity contribution is 6.42. The highest BCUT2D eigenvalue weighted by Gasteiger charge is 2.22. The molecule has 0 radical (unpaired) electrons. The first-order chi connectivity index (χ1) is 12.1. The SMILES string of the molecule is CCN1CCN(C(=O)c2ccc(Nc3ccc(Cl)c(Cl)c3)cn2)CC1. The second-order valence-corrected chi connectivity index (χ2v) is 6.73. The Morgan fingerprint density at radius 3 is 2.40 bits per heavy atom. The average molecular weight is 379 g/mol. The molecule has 0 aliphatic carbocycles. The molecule has 1 aromatic heterocycles. The van der Waals surface area contributed by atoms with E-state index in [4.69, 9.17) is 23.2 Å². The predicted molar refractivity (Wildman–Crippen MR) is 102 cm³/mol. The number of likely N-dealkylation sites (N-methyl/N-ethyl adjacent to an activating group) is 1. The van der Waals surface area contributed by atoms with Crippen LogP contribution in [0.5, 0.6) is 0 Å². The molecule has 1 fully saturated rings. The quantitative estimate of drug-likeness (QED) is 0.875. The number of carbonyl (C=O) groups is 1. The van der Waals surface area contributed by atoms with Crippen LogP contribution in [0, 0.1) is 0 Å². The van der Waals surface area contributed by atoms with Crippen LogP contribution in [0.2, 0.25) is 10.0 Å². The topological polar surface area (TPSA) is 48.5 Å². The lowest BCUT2D eigenvalue weighted by atomic mass is 10.2. The summed E-state index contributed by atoms with van der Waals surface area (Å²) >= 11 is 11.9. The number of pyridine rings is 1. The van der Waals surface area contributed by atoms with Crippen molar-refractivity contribution in [2.24, 2.45) is 0 Å². The number of benzene rings is 1. The molecule has 1 saturated heterocycles. The summed E-state index contributed by atoms with van der Waals surface area (Å²) in [5, 5.41) is 4.19. The number of anilines is 2. The largest absolute Gasteiger partial charge is 0.354 e. The highest BCUT2D eigenvalue weighted by atomic mass is 35.5. The molecule has 1 N–H and O–H groups in total. The van der Waals surface area contributed by atoms with E-state index in [1.54, 1.807) is 24.4 Å². The van der Waals surface area contributed by atoms with Gasteiger partial charge in [-0.25, -0.2) is 4.98 Å². The number of piperazine rings is 1. The van der Waals surface area contributed by atoms with Crippen molar-refractivity contribution in [1.29, 1.82) is 0 Å². The number of rotatable bonds is 4. The molecule has 2 heterocycles. The summed E-state index contributed by atoms with van der Waals surface area (Å²) in [7, 11) is 0. The van der Waals surface area contributed by atoms with Gasteiger partial charge in [0.15, 0.2) is 0 Å². The Balaban J connectivity index is 1.63. The lowest BCUT2D eigenvalue weighted by Gasteiger charge is -2.33. The minimum absolute atomic E-state index is 0.0168. The first-order valence-corrected chi connectivity index (χ1v) is 9.02. The molecule has 132 valence electrons. The number of halogens is 2. The molecule has 0 atom stereocenters. The van der Waals surface area contributed by atoms with E-state index in [0.29, 0.717) is 15.7 Å². The summed E-state index contributed by atoms with van der Waals surface area (Å²) in [6.07, 6.45) is 1.65. The van der Waals surface area contributed by atoms with Gasteiger partial charge in [-0.1, -0.05) is 30.1 Å². The van der Waals surface area contributed by atoms with E-state index in [9.17, 15) is 4.79 Å². The third-order valence-corrected chi connectivity index (χ3v) is 5.04. The molecule has 7 heteroatoms. The monoisotopic (exact) mass is 378 g/mol. The fraction of sp³-hybridized carbons (Fsp3) is 0.333. The van der Waals surface area contributed by atoms with E-state index in [0.717, 1.165) is 44.1 Å². The predicted octanol–water partition coefficient (Wildman–Crippen LogP) is 3.91. The first-order valence-electron chi connectivity index (χ1n) is 8.26. The minimum Gasteiger partial charge on any atom is -0.354 e. The van der Waals surface area contributed by atoms with E-state index in [2.05, 4.69) is 22.1 Å². The van der Waals surface area contributed by atoms with Gasteiger partial charge in [0.2, 0.25) is 0 Å². The van der Waals surface area contributed by atoms with Crippen LogP contribution in [-0.4, -0.2) is 53.4 Å². The summed E-state index contributed by atoms with van der Waals surface area (Å²) < 4.78 is 0. The molecule has 1 aromatic carbocycles. The second kappa shape index (κ2) is 8.04. The Morgan fingerprint density at radius 1 is 1.08 bits per heavy atom. The molecule has 25 heavy (non-hydrogen) atoms. The van der Waals surface area contributed by atoms with Gasteiger partial charge >= 0.3 is 0 Å². The summed E-state index contributed by atoms with van der Waals surface area (Å²) in [6.45, 7) is 6.49. The number of nitrogens with one attached hydrogen (secondary N) is 1. The van der Waals surface area contributed by atoms with Gasteiger partial charge in [0.25, 0.3) is 5.91 Å². The van der Waals surface area contributed by atoms with Gasteiger partial charge in [-0.15, -0.1) is 0 Å². The van der Waals surface area contributed by atoms with Crippen molar-refractivity contribution in [3.8, 4) is 0 Å². The van der Waals surface area contributed by atoms with Crippen molar-refractivity contribution in [3.63, 3.8) is 0 Å². The Labute approximate surface area is 157 Å². The number of amides is 1. The maximum atomic E-state index is 12.5. The van der Waals surface area contributed by atoms with Crippen molar-refractivity contribution in [2.75, 3.05) is 38.0 Å². The zero-order valence-electron chi connectivity index (χ0n) is 14.0. The summed E-state index contributed by atoms with van der Waals surface area (Å²) in [4.78, 5) is 21.0. The van der Waals surface area contributed by atoms with Crippen LogP contribution in [0.1, 0.15) is 17.4 Å². The Bertz CT molecular complexity index is 743. The molecule has 2 aromatic rings. The molecular formula is C18H20Cl2N4O. The zero-order valence-corrected chi connectivity index (χ0v) is 15.5. The Kier molecular flexibility index (Phi) is 5.78. The van der Waals surface area contributed by atoms with Crippen LogP contribution in [-0.2, 0) is 0 Å². The number of nitrogens with zero attached hydrogens (tertiary/aromatic N) is 3. The number of carbonyl (C=O) groups excluding carboxylic acids is 1. The molecule has 1 amide bonds. The van der Waals surface area contributed by atoms with Gasteiger partial charge < -0.3 is 15.1 Å². The van der Waals surface area contributed by atoms with Crippen molar-refractivity contribution < 1.29 is 4.79 Å². The van der Waals surface area contributed by atoms with Crippen LogP contribution >= 0.6 is 23.2 Å². The summed E-state index contributed by atoms with van der Waals surface area (Å²) in [5.74, 6) is -0.0168. The van der Waals surface area contributed by atoms with E-state index >= 15 is 0 Å². The van der Waals surface area contributed by atoms with Crippen molar-refractivity contribution in [2.45, 2.75) is 6.92 Å². The molecular weight excluding hydrogens is 359 g/mol. The van der Waals surface area contributed by atoms with Gasteiger partial charge in [-0.05, 0) is 36.9 Å². The Hall–Kier alpha value is -1.82. The third kappa shape index (κ3) is 4.42. The molecule has 3 rings (SSSR count). The smallest absolute Gasteiger partial charge is 0.272 e. The maximum absolute atomic E-state index is 12.5. The van der Waals surface area contributed by atoms with Crippen LogP contribution in [0.4, 0.5) is 11.4 Å². The normalized spacial score (nSPS) is 15.2. The minimum atomic E-state index is -0.0168. The van der Waals surface area contributed by atoms with Crippen molar-refractivity contribution >= 4 is 40.5 Å². The highest BCUT2D eigenvalue weighted by Crippen LogP contribution is 2.26. The van der Waals surface area contributed by atoms with Gasteiger partial charge in [0.05, 0.1) is 21.9 Å². The molecule has 0 unspecified atom stereocenters. The third-order valence-electron chi connectivity index (χ3n) is 4.30. The van der Waals surface area contributed by atoms with E-state index in [-0.39, 0.29) is 5.91 Å². The molecule has 0 saturated carbocycles. The fourth-order valence-electron chi connectivity index (χ4n) is 2.76. The van der Waals surface area contributed by atoms with Crippen LogP contribution in [0.3, 0.4) is 0 Å². The van der Waals surface area contributed by atoms with E-state index < -0.39 is 0 Å². The average Bonchev–Trinajstić information content (AvgIpc) is 2.65. The van der Waals surface area contributed by atoms with Crippen LogP contribution < -0.4 is 5.32 Å². The summed E-state index contributed by atoms with van der Waals surface area (Å²) in [5.41, 5.74) is 2.06. The zero-order chi connectivity index (χ0) is 17.8. The van der Waals surface area contributed by atoms with Gasteiger partial charge in [0, 0.05) is 31.9 Å². The molecule has 1 aliphatic heterocycles. The standard InChI is InChI=1S/C18H20Cl2N4O/c1-2-23-7-9-24(10-8-23)18(25)17-6-4-14(12-21-17)22-13-3-5-15(19)16(20)11-13/h3-6,11-12,22H,2,7-10H2,1H3. The second-order valence-electron chi connectivity index (χ2n) is 5.91. The van der Waals surface area contributed by atoms with Crippen molar-refractivity contribution in [1.82, 2.24) is 14.8 Å². The number of hydrogen-bond acceptors (Lipinski definition) is 4. The molecule has 0 spiro atoms. The fourth-order valence-corrected chi connectivity index (χ4v) is 3.06. The number of hydrogen-bond donors (Lipinski definition) is 1. The molecule has 1 aliphatic rings. The lowest BCUT2D eigenvalue weighted by Crippen LogP contribution is -2.48. The van der Waals surface area contributed by atoms with Crippen LogP contribution in [0.15, 0.2) is 36.5 Å². The van der Waals surface area contributed by atoms with Gasteiger partial charge in [0.1, 0.15) is 5.69 Å². The lowest BCUT2D eigenvalue weighted by molar-refractivity contribution is 0.0637. The molecule has 5 nitrogen and oxygen atoms in total.